The number of rotatable bonds is 0. The van der Waals surface area contributed by atoms with Gasteiger partial charge in [-0.15, -0.1) is 0 Å². The third-order valence-corrected chi connectivity index (χ3v) is 7.64. The van der Waals surface area contributed by atoms with E-state index < -0.39 is 0 Å². The van der Waals surface area contributed by atoms with Crippen LogP contribution in [-0.2, 0) is 0 Å². The van der Waals surface area contributed by atoms with Crippen LogP contribution in [0.2, 0.25) is 0 Å². The second kappa shape index (κ2) is 7.55. The van der Waals surface area contributed by atoms with E-state index in [4.69, 9.17) is 19.1 Å². The number of ether oxygens (including phenoxy) is 1. The van der Waals surface area contributed by atoms with Crippen molar-refractivity contribution in [3.05, 3.63) is 109 Å². The summed E-state index contributed by atoms with van der Waals surface area (Å²) in [5.74, 6) is 1.20. The van der Waals surface area contributed by atoms with Crippen molar-refractivity contribution in [2.24, 2.45) is 0 Å². The Morgan fingerprint density at radius 2 is 1.15 bits per heavy atom. The van der Waals surface area contributed by atoms with Gasteiger partial charge in [0.2, 0.25) is 5.88 Å². The van der Waals surface area contributed by atoms with Gasteiger partial charge in [-0.3, -0.25) is 0 Å². The number of hydrogen-bond donors (Lipinski definition) is 1. The summed E-state index contributed by atoms with van der Waals surface area (Å²) in [4.78, 5) is 13.8. The largest absolute Gasteiger partial charge is 0.455 e. The lowest BCUT2D eigenvalue weighted by molar-refractivity contribution is 0.464. The third-order valence-electron chi connectivity index (χ3n) is 7.64. The quantitative estimate of drug-likeness (QED) is 0.225. The molecule has 0 radical (unpaired) electrons. The Labute approximate surface area is 222 Å². The van der Waals surface area contributed by atoms with Crippen LogP contribution in [0.4, 0.5) is 0 Å². The lowest BCUT2D eigenvalue weighted by atomic mass is 10.0. The lowest BCUT2D eigenvalue weighted by Crippen LogP contribution is -1.93. The zero-order valence-corrected chi connectivity index (χ0v) is 20.6. The van der Waals surface area contributed by atoms with E-state index in [0.29, 0.717) is 11.6 Å². The molecule has 1 aliphatic heterocycles. The molecule has 5 heterocycles. The zero-order chi connectivity index (χ0) is 25.5. The van der Waals surface area contributed by atoms with Gasteiger partial charge in [-0.05, 0) is 36.4 Å². The summed E-state index contributed by atoms with van der Waals surface area (Å²) in [6.07, 6.45) is 0. The molecule has 0 aliphatic carbocycles. The number of nitrogens with one attached hydrogen (secondary N) is 1. The van der Waals surface area contributed by atoms with E-state index in [0.717, 1.165) is 77.5 Å². The molecule has 8 aromatic rings. The molecular formula is C34H19N3O2. The number of nitrogens with zero attached hydrogens (tertiary/aromatic N) is 2. The molecule has 39 heavy (non-hydrogen) atoms. The number of aromatic amines is 1. The topological polar surface area (TPSA) is 63.9 Å². The Hall–Kier alpha value is -5.42. The predicted octanol–water partition coefficient (Wildman–Crippen LogP) is 9.12. The van der Waals surface area contributed by atoms with Gasteiger partial charge in [0.25, 0.3) is 0 Å². The van der Waals surface area contributed by atoms with Crippen LogP contribution in [0.1, 0.15) is 0 Å². The summed E-state index contributed by atoms with van der Waals surface area (Å²) in [6.45, 7) is 0. The molecule has 0 saturated carbocycles. The first-order valence-corrected chi connectivity index (χ1v) is 12.9. The number of benzene rings is 4. The maximum atomic E-state index is 6.43. The van der Waals surface area contributed by atoms with E-state index in [9.17, 15) is 0 Å². The molecule has 1 aliphatic rings. The molecule has 0 unspecified atom stereocenters. The van der Waals surface area contributed by atoms with Gasteiger partial charge in [-0.25, -0.2) is 9.97 Å². The molecule has 8 bridgehead atoms. The molecule has 4 aromatic carbocycles. The molecule has 5 nitrogen and oxygen atoms in total. The smallest absolute Gasteiger partial charge is 0.219 e. The van der Waals surface area contributed by atoms with Gasteiger partial charge in [-0.2, -0.15) is 0 Å². The molecule has 9 rings (SSSR count). The SMILES string of the molecule is c1cc2nc(c1)-c1cccc3c1[nH]c1c(cccc13)-c1cccc(n1)-c1cc(cc3c1oc1ccccc13)O2. The maximum absolute atomic E-state index is 6.43. The Morgan fingerprint density at radius 1 is 0.513 bits per heavy atom. The first kappa shape index (κ1) is 20.6. The van der Waals surface area contributed by atoms with Crippen molar-refractivity contribution in [2.75, 3.05) is 0 Å². The van der Waals surface area contributed by atoms with Gasteiger partial charge < -0.3 is 14.1 Å². The van der Waals surface area contributed by atoms with Crippen LogP contribution in [0.25, 0.3) is 77.5 Å². The highest BCUT2D eigenvalue weighted by Crippen LogP contribution is 2.42. The molecule has 0 atom stereocenters. The lowest BCUT2D eigenvalue weighted by Gasteiger charge is -2.11. The third kappa shape index (κ3) is 2.95. The number of pyridine rings is 2. The minimum atomic E-state index is 0.524. The summed E-state index contributed by atoms with van der Waals surface area (Å²) < 4.78 is 12.8. The number of furan rings is 1. The number of fused-ring (bicyclic) bond motifs is 14. The van der Waals surface area contributed by atoms with Gasteiger partial charge in [0.05, 0.1) is 28.1 Å². The standard InChI is InChI=1S/C34H19N3O2/c1-2-15-30-20(7-1)25-17-19-18-26(34(25)39-30)29-13-5-12-27(35-29)23-10-3-8-21-22-9-4-11-24(33(22)37-32(21)23)28-14-6-16-31(36-28)38-19/h1-18,37H. The first-order valence-electron chi connectivity index (χ1n) is 12.9. The van der Waals surface area contributed by atoms with Crippen LogP contribution >= 0.6 is 0 Å². The summed E-state index contributed by atoms with van der Waals surface area (Å²) >= 11 is 0. The molecule has 0 spiro atoms. The van der Waals surface area contributed by atoms with Crippen LogP contribution in [0.3, 0.4) is 0 Å². The summed E-state index contributed by atoms with van der Waals surface area (Å²) in [5, 5.41) is 4.31. The van der Waals surface area contributed by atoms with E-state index in [1.807, 2.05) is 54.6 Å². The van der Waals surface area contributed by atoms with Crippen molar-refractivity contribution in [2.45, 2.75) is 0 Å². The normalized spacial score (nSPS) is 12.3. The van der Waals surface area contributed by atoms with Gasteiger partial charge in [0, 0.05) is 44.3 Å². The molecule has 4 aromatic heterocycles. The number of hydrogen-bond acceptors (Lipinski definition) is 4. The van der Waals surface area contributed by atoms with Crippen LogP contribution < -0.4 is 4.74 Å². The van der Waals surface area contributed by atoms with E-state index in [2.05, 4.69) is 59.6 Å². The van der Waals surface area contributed by atoms with E-state index in [1.165, 1.54) is 0 Å². The summed E-state index contributed by atoms with van der Waals surface area (Å²) in [5.41, 5.74) is 9.18. The van der Waals surface area contributed by atoms with Crippen LogP contribution in [0.5, 0.6) is 11.6 Å². The highest BCUT2D eigenvalue weighted by molar-refractivity contribution is 6.15. The molecule has 1 N–H and O–H groups in total. The van der Waals surface area contributed by atoms with Gasteiger partial charge in [0.15, 0.2) is 0 Å². The Bertz CT molecular complexity index is 2280. The van der Waals surface area contributed by atoms with Gasteiger partial charge in [-0.1, -0.05) is 66.7 Å². The second-order valence-corrected chi connectivity index (χ2v) is 9.90. The fourth-order valence-electron chi connectivity index (χ4n) is 5.90. The van der Waals surface area contributed by atoms with E-state index >= 15 is 0 Å². The summed E-state index contributed by atoms with van der Waals surface area (Å²) in [6, 6.07) is 36.8. The Balaban J connectivity index is 1.44. The van der Waals surface area contributed by atoms with Crippen molar-refractivity contribution in [3.8, 4) is 45.4 Å². The van der Waals surface area contributed by atoms with Crippen LogP contribution in [0.15, 0.2) is 114 Å². The monoisotopic (exact) mass is 501 g/mol. The molecule has 5 heteroatoms. The minimum absolute atomic E-state index is 0.524. The van der Waals surface area contributed by atoms with Gasteiger partial charge >= 0.3 is 0 Å². The molecule has 182 valence electrons. The number of para-hydroxylation sites is 3. The predicted molar refractivity (Wildman–Crippen MR) is 155 cm³/mol. The number of aromatic nitrogens is 3. The van der Waals surface area contributed by atoms with Crippen LogP contribution in [-0.4, -0.2) is 15.0 Å². The highest BCUT2D eigenvalue weighted by atomic mass is 16.5. The minimum Gasteiger partial charge on any atom is -0.455 e. The van der Waals surface area contributed by atoms with Crippen molar-refractivity contribution in [1.29, 1.82) is 0 Å². The molecular weight excluding hydrogens is 482 g/mol. The fraction of sp³-hybridized carbons (Fsp3) is 0. The fourth-order valence-corrected chi connectivity index (χ4v) is 5.90. The van der Waals surface area contributed by atoms with E-state index in [1.54, 1.807) is 0 Å². The average Bonchev–Trinajstić information content (AvgIpc) is 3.55. The van der Waals surface area contributed by atoms with Crippen molar-refractivity contribution in [1.82, 2.24) is 15.0 Å². The number of H-pyrrole nitrogens is 1. The first-order chi connectivity index (χ1) is 19.3. The highest BCUT2D eigenvalue weighted by Gasteiger charge is 2.19. The van der Waals surface area contributed by atoms with Crippen molar-refractivity contribution in [3.63, 3.8) is 0 Å². The van der Waals surface area contributed by atoms with E-state index in [-0.39, 0.29) is 0 Å². The maximum Gasteiger partial charge on any atom is 0.219 e. The van der Waals surface area contributed by atoms with Crippen molar-refractivity contribution < 1.29 is 9.15 Å². The van der Waals surface area contributed by atoms with Crippen molar-refractivity contribution >= 4 is 43.7 Å². The van der Waals surface area contributed by atoms with Crippen LogP contribution in [0, 0.1) is 0 Å². The molecule has 0 fully saturated rings. The second-order valence-electron chi connectivity index (χ2n) is 9.90. The Morgan fingerprint density at radius 3 is 1.95 bits per heavy atom. The molecule has 0 saturated heterocycles. The van der Waals surface area contributed by atoms with Gasteiger partial charge in [0.1, 0.15) is 16.9 Å². The Kier molecular flexibility index (Phi) is 3.99. The molecule has 0 amide bonds. The summed E-state index contributed by atoms with van der Waals surface area (Å²) in [7, 11) is 0. The zero-order valence-electron chi connectivity index (χ0n) is 20.6. The average molecular weight is 502 g/mol.